The average Bonchev–Trinajstić information content (AvgIpc) is 2.48. The number of hydrogen-bond acceptors (Lipinski definition) is 4. The topological polar surface area (TPSA) is 81.5 Å². The molecular formula is C15H13ClN2O4. The van der Waals surface area contributed by atoms with Gasteiger partial charge in [0.15, 0.2) is 0 Å². The summed E-state index contributed by atoms with van der Waals surface area (Å²) in [5, 5.41) is 13.8. The summed E-state index contributed by atoms with van der Waals surface area (Å²) in [4.78, 5) is 22.1. The van der Waals surface area contributed by atoms with Gasteiger partial charge in [-0.1, -0.05) is 23.7 Å². The van der Waals surface area contributed by atoms with E-state index in [9.17, 15) is 14.9 Å². The van der Waals surface area contributed by atoms with E-state index in [-0.39, 0.29) is 18.0 Å². The van der Waals surface area contributed by atoms with Gasteiger partial charge in [0.2, 0.25) is 5.91 Å². The van der Waals surface area contributed by atoms with E-state index in [0.717, 1.165) is 0 Å². The first-order chi connectivity index (χ1) is 10.5. The lowest BCUT2D eigenvalue weighted by atomic mass is 10.1. The van der Waals surface area contributed by atoms with Crippen LogP contribution in [0.1, 0.15) is 5.56 Å². The second-order valence-electron chi connectivity index (χ2n) is 4.49. The van der Waals surface area contributed by atoms with Crippen molar-refractivity contribution in [3.8, 4) is 5.75 Å². The number of ether oxygens (including phenoxy) is 1. The number of anilines is 1. The SMILES string of the molecule is COc1ccc(Cl)cc1NC(=O)Cc1ccc([N+](=O)[O-])cc1. The van der Waals surface area contributed by atoms with Gasteiger partial charge in [-0.3, -0.25) is 14.9 Å². The lowest BCUT2D eigenvalue weighted by Gasteiger charge is -2.10. The summed E-state index contributed by atoms with van der Waals surface area (Å²) in [6.07, 6.45) is 0.0909. The Morgan fingerprint density at radius 1 is 1.27 bits per heavy atom. The van der Waals surface area contributed by atoms with E-state index in [1.165, 1.54) is 19.2 Å². The number of rotatable bonds is 5. The molecule has 1 N–H and O–H groups in total. The number of carbonyl (C=O) groups excluding carboxylic acids is 1. The summed E-state index contributed by atoms with van der Waals surface area (Å²) in [7, 11) is 1.50. The summed E-state index contributed by atoms with van der Waals surface area (Å²) < 4.78 is 5.15. The molecule has 0 saturated heterocycles. The van der Waals surface area contributed by atoms with E-state index in [4.69, 9.17) is 16.3 Å². The van der Waals surface area contributed by atoms with Crippen LogP contribution in [0.3, 0.4) is 0 Å². The van der Waals surface area contributed by atoms with Gasteiger partial charge in [-0.15, -0.1) is 0 Å². The summed E-state index contributed by atoms with van der Waals surface area (Å²) in [6.45, 7) is 0. The minimum atomic E-state index is -0.485. The standard InChI is InChI=1S/C15H13ClN2O4/c1-22-14-7-4-11(16)9-13(14)17-15(19)8-10-2-5-12(6-3-10)18(20)21/h2-7,9H,8H2,1H3,(H,17,19). The molecule has 2 rings (SSSR count). The Balaban J connectivity index is 2.07. The number of nitro groups is 1. The number of nitrogens with zero attached hydrogens (tertiary/aromatic N) is 1. The third kappa shape index (κ3) is 3.95. The fraction of sp³-hybridized carbons (Fsp3) is 0.133. The predicted octanol–water partition coefficient (Wildman–Crippen LogP) is 3.44. The molecule has 1 amide bonds. The smallest absolute Gasteiger partial charge is 0.269 e. The minimum Gasteiger partial charge on any atom is -0.495 e. The highest BCUT2D eigenvalue weighted by Crippen LogP contribution is 2.27. The fourth-order valence-electron chi connectivity index (χ4n) is 1.89. The van der Waals surface area contributed by atoms with Crippen LogP contribution in [0.4, 0.5) is 11.4 Å². The largest absolute Gasteiger partial charge is 0.495 e. The summed E-state index contributed by atoms with van der Waals surface area (Å²) in [5.74, 6) is 0.232. The van der Waals surface area contributed by atoms with Gasteiger partial charge in [0.25, 0.3) is 5.69 Å². The van der Waals surface area contributed by atoms with Gasteiger partial charge in [0.1, 0.15) is 5.75 Å². The first-order valence-corrected chi connectivity index (χ1v) is 6.74. The van der Waals surface area contributed by atoms with E-state index in [0.29, 0.717) is 22.0 Å². The van der Waals surface area contributed by atoms with Gasteiger partial charge in [-0.2, -0.15) is 0 Å². The zero-order valence-electron chi connectivity index (χ0n) is 11.7. The fourth-order valence-corrected chi connectivity index (χ4v) is 2.07. The van der Waals surface area contributed by atoms with E-state index in [2.05, 4.69) is 5.32 Å². The van der Waals surface area contributed by atoms with Crippen LogP contribution < -0.4 is 10.1 Å². The van der Waals surface area contributed by atoms with Crippen molar-refractivity contribution in [2.24, 2.45) is 0 Å². The average molecular weight is 321 g/mol. The Labute approximate surface area is 131 Å². The van der Waals surface area contributed by atoms with Crippen molar-refractivity contribution in [1.29, 1.82) is 0 Å². The summed E-state index contributed by atoms with van der Waals surface area (Å²) >= 11 is 5.89. The van der Waals surface area contributed by atoms with Crippen LogP contribution in [-0.2, 0) is 11.2 Å². The Morgan fingerprint density at radius 2 is 1.95 bits per heavy atom. The molecule has 0 unspecified atom stereocenters. The van der Waals surface area contributed by atoms with E-state index < -0.39 is 4.92 Å². The minimum absolute atomic E-state index is 0.0133. The highest BCUT2D eigenvalue weighted by Gasteiger charge is 2.10. The highest BCUT2D eigenvalue weighted by molar-refractivity contribution is 6.31. The molecule has 114 valence electrons. The molecule has 6 nitrogen and oxygen atoms in total. The predicted molar refractivity (Wildman–Crippen MR) is 83.4 cm³/mol. The Bertz CT molecular complexity index is 701. The molecule has 0 aromatic heterocycles. The van der Waals surface area contributed by atoms with Crippen LogP contribution in [0.25, 0.3) is 0 Å². The molecule has 0 aliphatic heterocycles. The van der Waals surface area contributed by atoms with Crippen molar-refractivity contribution in [3.05, 3.63) is 63.2 Å². The highest BCUT2D eigenvalue weighted by atomic mass is 35.5. The van der Waals surface area contributed by atoms with E-state index >= 15 is 0 Å². The van der Waals surface area contributed by atoms with Crippen molar-refractivity contribution in [2.45, 2.75) is 6.42 Å². The number of nitro benzene ring substituents is 1. The molecule has 0 aliphatic rings. The van der Waals surface area contributed by atoms with Gasteiger partial charge in [0, 0.05) is 17.2 Å². The van der Waals surface area contributed by atoms with Crippen molar-refractivity contribution >= 4 is 28.9 Å². The number of benzene rings is 2. The van der Waals surface area contributed by atoms with Crippen LogP contribution in [0.2, 0.25) is 5.02 Å². The van der Waals surface area contributed by atoms with Crippen molar-refractivity contribution < 1.29 is 14.5 Å². The first-order valence-electron chi connectivity index (χ1n) is 6.36. The number of hydrogen-bond donors (Lipinski definition) is 1. The van der Waals surface area contributed by atoms with Crippen molar-refractivity contribution in [3.63, 3.8) is 0 Å². The zero-order chi connectivity index (χ0) is 16.1. The maximum Gasteiger partial charge on any atom is 0.269 e. The molecule has 0 radical (unpaired) electrons. The zero-order valence-corrected chi connectivity index (χ0v) is 12.5. The number of halogens is 1. The Kier molecular flexibility index (Phi) is 4.95. The molecule has 2 aromatic carbocycles. The Hall–Kier alpha value is -2.60. The van der Waals surface area contributed by atoms with E-state index in [1.54, 1.807) is 30.3 Å². The van der Waals surface area contributed by atoms with Crippen LogP contribution in [0.5, 0.6) is 5.75 Å². The summed E-state index contributed by atoms with van der Waals surface area (Å²) in [5.41, 5.74) is 1.13. The number of methoxy groups -OCH3 is 1. The van der Waals surface area contributed by atoms with Crippen molar-refractivity contribution in [2.75, 3.05) is 12.4 Å². The second-order valence-corrected chi connectivity index (χ2v) is 4.93. The third-order valence-electron chi connectivity index (χ3n) is 2.95. The number of nitrogens with one attached hydrogen (secondary N) is 1. The monoisotopic (exact) mass is 320 g/mol. The number of non-ortho nitro benzene ring substituents is 1. The Morgan fingerprint density at radius 3 is 2.55 bits per heavy atom. The van der Waals surface area contributed by atoms with Gasteiger partial charge in [-0.05, 0) is 23.8 Å². The lowest BCUT2D eigenvalue weighted by molar-refractivity contribution is -0.384. The second kappa shape index (κ2) is 6.91. The van der Waals surface area contributed by atoms with Crippen LogP contribution in [-0.4, -0.2) is 17.9 Å². The van der Waals surface area contributed by atoms with Gasteiger partial charge in [-0.25, -0.2) is 0 Å². The number of amides is 1. The molecule has 22 heavy (non-hydrogen) atoms. The van der Waals surface area contributed by atoms with Gasteiger partial charge < -0.3 is 10.1 Å². The van der Waals surface area contributed by atoms with Crippen molar-refractivity contribution in [1.82, 2.24) is 0 Å². The maximum absolute atomic E-state index is 12.0. The van der Waals surface area contributed by atoms with Gasteiger partial charge in [0.05, 0.1) is 24.1 Å². The normalized spacial score (nSPS) is 10.1. The molecule has 0 saturated carbocycles. The lowest BCUT2D eigenvalue weighted by Crippen LogP contribution is -2.15. The van der Waals surface area contributed by atoms with Gasteiger partial charge >= 0.3 is 0 Å². The summed E-state index contributed by atoms with van der Waals surface area (Å²) in [6, 6.07) is 10.7. The van der Waals surface area contributed by atoms with Crippen LogP contribution in [0, 0.1) is 10.1 Å². The molecule has 0 aliphatic carbocycles. The number of carbonyl (C=O) groups is 1. The molecule has 0 heterocycles. The van der Waals surface area contributed by atoms with Crippen LogP contribution >= 0.6 is 11.6 Å². The molecule has 0 spiro atoms. The molecule has 0 bridgehead atoms. The molecule has 0 fully saturated rings. The quantitative estimate of drug-likeness (QED) is 0.676. The third-order valence-corrected chi connectivity index (χ3v) is 3.18. The van der Waals surface area contributed by atoms with Crippen LogP contribution in [0.15, 0.2) is 42.5 Å². The van der Waals surface area contributed by atoms with E-state index in [1.807, 2.05) is 0 Å². The first kappa shape index (κ1) is 15.8. The molecule has 0 atom stereocenters. The molecule has 2 aromatic rings. The maximum atomic E-state index is 12.0. The molecule has 7 heteroatoms. The molecular weight excluding hydrogens is 308 g/mol.